The van der Waals surface area contributed by atoms with Gasteiger partial charge in [0.2, 0.25) is 0 Å². The highest BCUT2D eigenvalue weighted by atomic mass is 16.3. The van der Waals surface area contributed by atoms with Gasteiger partial charge in [0.25, 0.3) is 6.71 Å². The number of fused-ring (bicyclic) bond motifs is 20. The summed E-state index contributed by atoms with van der Waals surface area (Å²) < 4.78 is 9.68. The Morgan fingerprint density at radius 1 is 0.263 bits per heavy atom. The molecule has 2 aliphatic carbocycles. The van der Waals surface area contributed by atoms with Gasteiger partial charge in [-0.15, -0.1) is 0 Å². The first kappa shape index (κ1) is 67.7. The lowest BCUT2D eigenvalue weighted by Gasteiger charge is -2.46. The summed E-state index contributed by atoms with van der Waals surface area (Å²) in [6.07, 6.45) is 0. The normalized spacial score (nSPS) is 13.2. The summed E-state index contributed by atoms with van der Waals surface area (Å²) in [5.41, 5.74) is 41.6. The maximum atomic E-state index is 7.07. The van der Waals surface area contributed by atoms with E-state index < -0.39 is 5.41 Å². The molecule has 20 aromatic rings. The van der Waals surface area contributed by atoms with Crippen molar-refractivity contribution in [3.05, 3.63) is 434 Å². The van der Waals surface area contributed by atoms with Crippen LogP contribution in [0.1, 0.15) is 48.6 Å². The van der Waals surface area contributed by atoms with Crippen molar-refractivity contribution >= 4 is 101 Å². The first-order valence-electron chi connectivity index (χ1n) is 41.2. The largest absolute Gasteiger partial charge is 0.455 e. The minimum atomic E-state index is -0.564. The highest BCUT2D eigenvalue weighted by Crippen LogP contribution is 2.64. The van der Waals surface area contributed by atoms with Crippen LogP contribution in [0.2, 0.25) is 0 Å². The fraction of sp³-hybridized carbons (Fsp3) is 0.0442. The highest BCUT2D eigenvalue weighted by molar-refractivity contribution is 7.00. The molecule has 0 N–H and O–H groups in total. The second-order valence-electron chi connectivity index (χ2n) is 33.3. The topological polar surface area (TPSA) is 24.6 Å². The van der Waals surface area contributed by atoms with E-state index in [1.165, 1.54) is 77.2 Å². The fourth-order valence-corrected chi connectivity index (χ4v) is 20.7. The van der Waals surface area contributed by atoms with Gasteiger partial charge in [-0.3, -0.25) is 0 Å². The van der Waals surface area contributed by atoms with Crippen LogP contribution in [0.5, 0.6) is 0 Å². The molecule has 1 spiro atoms. The first-order chi connectivity index (χ1) is 58.2. The number of aromatic nitrogens is 1. The number of hydrogen-bond donors (Lipinski definition) is 0. The van der Waals surface area contributed by atoms with Gasteiger partial charge in [0.05, 0.1) is 27.8 Å². The molecule has 552 valence electrons. The average molecular weight is 1500 g/mol. The van der Waals surface area contributed by atoms with Gasteiger partial charge < -0.3 is 18.8 Å². The van der Waals surface area contributed by atoms with E-state index >= 15 is 0 Å². The molecule has 4 nitrogen and oxygen atoms in total. The van der Waals surface area contributed by atoms with Gasteiger partial charge in [-0.1, -0.05) is 348 Å². The Morgan fingerprint density at radius 2 is 0.703 bits per heavy atom. The molecular formula is C113H76BN3O. The minimum absolute atomic E-state index is 0.337. The molecule has 118 heavy (non-hydrogen) atoms. The predicted octanol–water partition coefficient (Wildman–Crippen LogP) is 28.1. The van der Waals surface area contributed by atoms with E-state index in [0.29, 0.717) is 0 Å². The number of anilines is 6. The molecule has 4 heterocycles. The SMILES string of the molecule is CC(C)(C)c1cc2c3c(c1)N(c1c(-c4ccccc4)cc(-c4ccccc4)cc1-c1ccccc1)c1cc(-n4c5ccccc5c5cc6c(cc54)C4(c5ccccc5-c5ccccc54)c4ccccc4-6)ccc1B3c1cc(-c3cccc4c3oc3ccccc34)ccc1N2c1c(-c2ccccc2)cc(-c2ccccc2)cc1-c1ccccc1. The van der Waals surface area contributed by atoms with Crippen LogP contribution in [-0.4, -0.2) is 11.3 Å². The Kier molecular flexibility index (Phi) is 15.0. The maximum absolute atomic E-state index is 7.07. The van der Waals surface area contributed by atoms with Gasteiger partial charge in [0, 0.05) is 77.8 Å². The van der Waals surface area contributed by atoms with Gasteiger partial charge in [0.15, 0.2) is 0 Å². The lowest BCUT2D eigenvalue weighted by Crippen LogP contribution is -2.61. The van der Waals surface area contributed by atoms with Crippen LogP contribution in [0.4, 0.5) is 34.1 Å². The zero-order valence-corrected chi connectivity index (χ0v) is 65.5. The van der Waals surface area contributed by atoms with Gasteiger partial charge in [-0.05, 0) is 201 Å². The summed E-state index contributed by atoms with van der Waals surface area (Å²) in [6, 6.07) is 154. The van der Waals surface area contributed by atoms with E-state index in [9.17, 15) is 0 Å². The second kappa shape index (κ2) is 26.1. The average Bonchev–Trinajstić information content (AvgIpc) is 1.41. The lowest BCUT2D eigenvalue weighted by molar-refractivity contribution is 0.590. The van der Waals surface area contributed by atoms with Crippen molar-refractivity contribution in [2.45, 2.75) is 31.6 Å². The molecule has 2 aromatic heterocycles. The molecule has 0 unspecified atom stereocenters. The Morgan fingerprint density at radius 3 is 1.23 bits per heavy atom. The van der Waals surface area contributed by atoms with Gasteiger partial charge in [0.1, 0.15) is 11.2 Å². The third-order valence-corrected chi connectivity index (χ3v) is 25.9. The molecule has 0 fully saturated rings. The maximum Gasteiger partial charge on any atom is 0.252 e. The smallest absolute Gasteiger partial charge is 0.252 e. The molecule has 4 aliphatic rings. The summed E-state index contributed by atoms with van der Waals surface area (Å²) in [7, 11) is 0. The molecular weight excluding hydrogens is 1430 g/mol. The van der Waals surface area contributed by atoms with Crippen LogP contribution in [0, 0.1) is 0 Å². The number of hydrogen-bond acceptors (Lipinski definition) is 3. The number of furan rings is 1. The summed E-state index contributed by atoms with van der Waals surface area (Å²) in [5.74, 6) is 0. The van der Waals surface area contributed by atoms with Gasteiger partial charge >= 0.3 is 0 Å². The van der Waals surface area contributed by atoms with E-state index in [0.717, 1.165) is 151 Å². The molecule has 18 aromatic carbocycles. The van der Waals surface area contributed by atoms with Crippen molar-refractivity contribution in [2.24, 2.45) is 0 Å². The summed E-state index contributed by atoms with van der Waals surface area (Å²) in [4.78, 5) is 5.43. The van der Waals surface area contributed by atoms with Crippen LogP contribution in [0.25, 0.3) is 150 Å². The second-order valence-corrected chi connectivity index (χ2v) is 33.3. The van der Waals surface area contributed by atoms with E-state index in [1.54, 1.807) is 0 Å². The molecule has 0 saturated carbocycles. The van der Waals surface area contributed by atoms with E-state index in [4.69, 9.17) is 4.42 Å². The van der Waals surface area contributed by atoms with Crippen molar-refractivity contribution in [1.29, 1.82) is 0 Å². The van der Waals surface area contributed by atoms with Crippen molar-refractivity contribution in [3.8, 4) is 106 Å². The van der Waals surface area contributed by atoms with E-state index in [1.807, 2.05) is 0 Å². The van der Waals surface area contributed by atoms with E-state index in [-0.39, 0.29) is 12.1 Å². The third kappa shape index (κ3) is 10.0. The molecule has 0 saturated heterocycles. The summed E-state index contributed by atoms with van der Waals surface area (Å²) in [5, 5.41) is 4.61. The molecule has 0 amide bonds. The summed E-state index contributed by atoms with van der Waals surface area (Å²) >= 11 is 0. The lowest BCUT2D eigenvalue weighted by atomic mass is 9.33. The number of benzene rings is 18. The van der Waals surface area contributed by atoms with Gasteiger partial charge in [-0.25, -0.2) is 0 Å². The molecule has 0 bridgehead atoms. The van der Waals surface area contributed by atoms with Crippen molar-refractivity contribution in [1.82, 2.24) is 4.57 Å². The van der Waals surface area contributed by atoms with Crippen LogP contribution in [-0.2, 0) is 10.8 Å². The Labute approximate surface area is 686 Å². The number of para-hydroxylation sites is 3. The van der Waals surface area contributed by atoms with Crippen LogP contribution in [0.15, 0.2) is 411 Å². The monoisotopic (exact) mass is 1500 g/mol. The molecule has 0 atom stereocenters. The van der Waals surface area contributed by atoms with Crippen LogP contribution < -0.4 is 26.2 Å². The predicted molar refractivity (Wildman–Crippen MR) is 495 cm³/mol. The fourth-order valence-electron chi connectivity index (χ4n) is 20.7. The van der Waals surface area contributed by atoms with E-state index in [2.05, 4.69) is 442 Å². The van der Waals surface area contributed by atoms with Crippen molar-refractivity contribution in [2.75, 3.05) is 9.80 Å². The zero-order chi connectivity index (χ0) is 78.1. The highest BCUT2D eigenvalue weighted by Gasteiger charge is 2.53. The van der Waals surface area contributed by atoms with Crippen molar-refractivity contribution in [3.63, 3.8) is 0 Å². The zero-order valence-electron chi connectivity index (χ0n) is 65.5. The van der Waals surface area contributed by atoms with Crippen molar-refractivity contribution < 1.29 is 4.42 Å². The molecule has 2 aliphatic heterocycles. The third-order valence-electron chi connectivity index (χ3n) is 25.9. The van der Waals surface area contributed by atoms with Crippen LogP contribution in [0.3, 0.4) is 0 Å². The summed E-state index contributed by atoms with van der Waals surface area (Å²) in [6.45, 7) is 6.85. The Balaban J connectivity index is 0.857. The quantitative estimate of drug-likeness (QED) is 0.128. The minimum Gasteiger partial charge on any atom is -0.455 e. The molecule has 5 heteroatoms. The van der Waals surface area contributed by atoms with Crippen LogP contribution >= 0.6 is 0 Å². The number of nitrogens with zero attached hydrogens (tertiary/aromatic N) is 3. The molecule has 24 rings (SSSR count). The Hall–Kier alpha value is -14.8. The Bertz CT molecular complexity index is 7360. The molecule has 0 radical (unpaired) electrons. The first-order valence-corrected chi connectivity index (χ1v) is 41.2. The number of rotatable bonds is 10. The standard InChI is InChI=1S/C113H76BN3O/c1-112(2,3)80-66-105-108-106(67-80)117(110-91(75-41-18-8-19-42-75)63-79(72-35-12-5-13-36-72)64-92(110)76-43-20-9-21-44-76)104-68-81(115-101-55-30-25-48-86(101)94-69-93-85-47-24-29-54-97(85)113(98(93)70-103(94)115)95-52-27-22-45-83(95)84-46-23-28-53-96(84)113)58-59-99(104)114(108)100-65-77(82-50-32-51-88-87-49-26-31-56-107(87)118-111(82)88)57-60-102(100)116(105)109-89(73-37-14-6-15-38-73)61-78(71-33-10-4-11-34-71)62-90(109)74-39-16-7-17-40-74/h4-70H,1-3H3. The van der Waals surface area contributed by atoms with Gasteiger partial charge in [-0.2, -0.15) is 0 Å².